The average Bonchev–Trinajstić information content (AvgIpc) is 2.27. The lowest BCUT2D eigenvalue weighted by atomic mass is 9.88. The molecule has 0 aliphatic heterocycles. The highest BCUT2D eigenvalue weighted by Gasteiger charge is 2.24. The van der Waals surface area contributed by atoms with Crippen LogP contribution in [0, 0.1) is 10.8 Å². The van der Waals surface area contributed by atoms with Crippen molar-refractivity contribution in [2.45, 2.75) is 92.5 Å². The quantitative estimate of drug-likeness (QED) is 0.636. The van der Waals surface area contributed by atoms with Crippen LogP contribution in [0.15, 0.2) is 0 Å². The van der Waals surface area contributed by atoms with Crippen LogP contribution >= 0.6 is 0 Å². The maximum atomic E-state index is 2.82. The highest BCUT2D eigenvalue weighted by molar-refractivity contribution is 4.79. The van der Waals surface area contributed by atoms with Crippen LogP contribution < -0.4 is 0 Å². The molecule has 0 aromatic rings. The minimum absolute atomic E-state index is 0.467. The molecule has 0 atom stereocenters. The van der Waals surface area contributed by atoms with E-state index in [1.54, 1.807) is 0 Å². The van der Waals surface area contributed by atoms with Crippen LogP contribution in [0.1, 0.15) is 86.5 Å². The highest BCUT2D eigenvalue weighted by atomic mass is 15.2. The van der Waals surface area contributed by atoms with Crippen LogP contribution in [0.3, 0.4) is 0 Å². The molecule has 0 spiro atoms. The molecule has 1 rings (SSSR count). The van der Waals surface area contributed by atoms with Crippen LogP contribution in [0.2, 0.25) is 0 Å². The predicted octanol–water partition coefficient (Wildman–Crippen LogP) is 5.49. The number of nitrogens with zero attached hydrogens (tertiary/aromatic N) is 1. The van der Waals surface area contributed by atoms with E-state index in [1.165, 1.54) is 58.0 Å². The van der Waals surface area contributed by atoms with E-state index in [2.05, 4.69) is 46.4 Å². The summed E-state index contributed by atoms with van der Waals surface area (Å²) in [6.07, 6.45) is 9.89. The fraction of sp³-hybridized carbons (Fsp3) is 1.00. The summed E-state index contributed by atoms with van der Waals surface area (Å²) in [6.45, 7) is 16.8. The zero-order valence-electron chi connectivity index (χ0n) is 14.4. The molecule has 0 amide bonds. The van der Waals surface area contributed by atoms with E-state index in [0.29, 0.717) is 10.8 Å². The Morgan fingerprint density at radius 3 is 1.53 bits per heavy atom. The molecule has 0 saturated heterocycles. The van der Waals surface area contributed by atoms with Crippen molar-refractivity contribution in [3.63, 3.8) is 0 Å². The van der Waals surface area contributed by atoms with Crippen molar-refractivity contribution in [1.82, 2.24) is 4.90 Å². The van der Waals surface area contributed by atoms with Gasteiger partial charge in [-0.25, -0.2) is 0 Å². The van der Waals surface area contributed by atoms with Crippen molar-refractivity contribution >= 4 is 0 Å². The molecule has 1 aliphatic carbocycles. The van der Waals surface area contributed by atoms with E-state index in [1.807, 2.05) is 0 Å². The zero-order valence-corrected chi connectivity index (χ0v) is 14.4. The standard InChI is InChI=1S/C18H37N/c1-17(2,3)12-14-19(15-13-18(4,5)6)16-10-8-7-9-11-16/h16H,7-15H2,1-6H3. The van der Waals surface area contributed by atoms with E-state index < -0.39 is 0 Å². The molecular formula is C18H37N. The molecule has 1 aliphatic rings. The van der Waals surface area contributed by atoms with Crippen molar-refractivity contribution in [2.24, 2.45) is 10.8 Å². The molecule has 114 valence electrons. The monoisotopic (exact) mass is 267 g/mol. The topological polar surface area (TPSA) is 3.24 Å². The molecule has 0 aromatic carbocycles. The maximum absolute atomic E-state index is 2.82. The minimum atomic E-state index is 0.467. The Balaban J connectivity index is 2.51. The number of hydrogen-bond acceptors (Lipinski definition) is 1. The molecule has 0 heterocycles. The van der Waals surface area contributed by atoms with Gasteiger partial charge in [0.15, 0.2) is 0 Å². The second-order valence-electron chi connectivity index (χ2n) is 8.95. The molecule has 0 bridgehead atoms. The lowest BCUT2D eigenvalue weighted by Crippen LogP contribution is -2.40. The third-order valence-electron chi connectivity index (χ3n) is 4.39. The highest BCUT2D eigenvalue weighted by Crippen LogP contribution is 2.27. The Kier molecular flexibility index (Phi) is 6.36. The fourth-order valence-electron chi connectivity index (χ4n) is 2.88. The van der Waals surface area contributed by atoms with Gasteiger partial charge >= 0.3 is 0 Å². The van der Waals surface area contributed by atoms with Gasteiger partial charge in [-0.3, -0.25) is 0 Å². The van der Waals surface area contributed by atoms with Gasteiger partial charge in [0.2, 0.25) is 0 Å². The Labute approximate surface area is 122 Å². The Bertz CT molecular complexity index is 219. The third-order valence-corrected chi connectivity index (χ3v) is 4.39. The fourth-order valence-corrected chi connectivity index (χ4v) is 2.88. The zero-order chi connectivity index (χ0) is 14.5. The lowest BCUT2D eigenvalue weighted by Gasteiger charge is -2.37. The van der Waals surface area contributed by atoms with Crippen LogP contribution in [0.4, 0.5) is 0 Å². The summed E-state index contributed by atoms with van der Waals surface area (Å²) in [7, 11) is 0. The molecule has 1 heteroatoms. The first-order valence-electron chi connectivity index (χ1n) is 8.41. The summed E-state index contributed by atoms with van der Waals surface area (Å²) < 4.78 is 0. The Morgan fingerprint density at radius 2 is 1.16 bits per heavy atom. The van der Waals surface area contributed by atoms with E-state index in [-0.39, 0.29) is 0 Å². The summed E-state index contributed by atoms with van der Waals surface area (Å²) in [5.41, 5.74) is 0.934. The molecule has 0 unspecified atom stereocenters. The largest absolute Gasteiger partial charge is 0.300 e. The first-order chi connectivity index (χ1) is 8.67. The number of hydrogen-bond donors (Lipinski definition) is 0. The Hall–Kier alpha value is -0.0400. The van der Waals surface area contributed by atoms with E-state index in [0.717, 1.165) is 6.04 Å². The second-order valence-corrected chi connectivity index (χ2v) is 8.95. The Morgan fingerprint density at radius 1 is 0.737 bits per heavy atom. The van der Waals surface area contributed by atoms with Crippen LogP contribution in [0.5, 0.6) is 0 Å². The second kappa shape index (κ2) is 7.11. The molecule has 1 fully saturated rings. The smallest absolute Gasteiger partial charge is 0.00952 e. The van der Waals surface area contributed by atoms with E-state index >= 15 is 0 Å². The van der Waals surface area contributed by atoms with E-state index in [4.69, 9.17) is 0 Å². The van der Waals surface area contributed by atoms with Crippen molar-refractivity contribution < 1.29 is 0 Å². The van der Waals surface area contributed by atoms with Gasteiger partial charge < -0.3 is 4.90 Å². The first kappa shape index (κ1) is 17.0. The minimum Gasteiger partial charge on any atom is -0.300 e. The number of rotatable bonds is 5. The first-order valence-corrected chi connectivity index (χ1v) is 8.41. The van der Waals surface area contributed by atoms with Crippen molar-refractivity contribution in [3.05, 3.63) is 0 Å². The van der Waals surface area contributed by atoms with Gasteiger partial charge in [0.25, 0.3) is 0 Å². The van der Waals surface area contributed by atoms with Gasteiger partial charge in [0.1, 0.15) is 0 Å². The van der Waals surface area contributed by atoms with Crippen LogP contribution in [-0.4, -0.2) is 24.0 Å². The van der Waals surface area contributed by atoms with Gasteiger partial charge in [-0.2, -0.15) is 0 Å². The summed E-state index contributed by atoms with van der Waals surface area (Å²) in [6, 6.07) is 0.874. The summed E-state index contributed by atoms with van der Waals surface area (Å²) in [4.78, 5) is 2.82. The maximum Gasteiger partial charge on any atom is 0.00952 e. The van der Waals surface area contributed by atoms with Crippen LogP contribution in [0.25, 0.3) is 0 Å². The summed E-state index contributed by atoms with van der Waals surface area (Å²) >= 11 is 0. The molecule has 19 heavy (non-hydrogen) atoms. The SMILES string of the molecule is CC(C)(C)CCN(CCC(C)(C)C)C1CCCCC1. The van der Waals surface area contributed by atoms with Gasteiger partial charge in [-0.05, 0) is 49.6 Å². The van der Waals surface area contributed by atoms with Crippen molar-refractivity contribution in [2.75, 3.05) is 13.1 Å². The molecule has 0 aromatic heterocycles. The van der Waals surface area contributed by atoms with Gasteiger partial charge in [-0.1, -0.05) is 60.8 Å². The molecule has 1 saturated carbocycles. The average molecular weight is 268 g/mol. The van der Waals surface area contributed by atoms with Crippen LogP contribution in [-0.2, 0) is 0 Å². The molecule has 0 N–H and O–H groups in total. The molecule has 1 nitrogen and oxygen atoms in total. The van der Waals surface area contributed by atoms with Gasteiger partial charge in [-0.15, -0.1) is 0 Å². The summed E-state index contributed by atoms with van der Waals surface area (Å²) in [5, 5.41) is 0. The van der Waals surface area contributed by atoms with Gasteiger partial charge in [0, 0.05) is 6.04 Å². The summed E-state index contributed by atoms with van der Waals surface area (Å²) in [5.74, 6) is 0. The molecule has 0 radical (unpaired) electrons. The van der Waals surface area contributed by atoms with Crippen molar-refractivity contribution in [1.29, 1.82) is 0 Å². The lowest BCUT2D eigenvalue weighted by molar-refractivity contribution is 0.121. The predicted molar refractivity (Wildman–Crippen MR) is 86.6 cm³/mol. The third kappa shape index (κ3) is 7.97. The molecular weight excluding hydrogens is 230 g/mol. The van der Waals surface area contributed by atoms with Crippen molar-refractivity contribution in [3.8, 4) is 0 Å². The normalized spacial score (nSPS) is 19.1. The van der Waals surface area contributed by atoms with E-state index in [9.17, 15) is 0 Å². The van der Waals surface area contributed by atoms with Gasteiger partial charge in [0.05, 0.1) is 0 Å².